The van der Waals surface area contributed by atoms with E-state index in [4.69, 9.17) is 4.52 Å². The Morgan fingerprint density at radius 1 is 1.21 bits per heavy atom. The monoisotopic (exact) mass is 338 g/mol. The molecular formula is C17H17F3N2O2. The van der Waals surface area contributed by atoms with Crippen LogP contribution in [0.25, 0.3) is 10.9 Å². The molecule has 2 heterocycles. The number of nitrogens with one attached hydrogen (secondary N) is 1. The van der Waals surface area contributed by atoms with Crippen LogP contribution in [0.2, 0.25) is 0 Å². The smallest absolute Gasteiger partial charge is 0.405 e. The first kappa shape index (κ1) is 16.4. The predicted octanol–water partition coefficient (Wildman–Crippen LogP) is 4.96. The van der Waals surface area contributed by atoms with E-state index in [9.17, 15) is 13.2 Å². The summed E-state index contributed by atoms with van der Waals surface area (Å²) in [5, 5.41) is 4.48. The topological polar surface area (TPSA) is 51.1 Å². The van der Waals surface area contributed by atoms with E-state index in [0.29, 0.717) is 29.5 Å². The van der Waals surface area contributed by atoms with Gasteiger partial charge in [0.25, 0.3) is 0 Å². The lowest BCUT2D eigenvalue weighted by Crippen LogP contribution is -2.18. The van der Waals surface area contributed by atoms with Gasteiger partial charge in [-0.3, -0.25) is 0 Å². The van der Waals surface area contributed by atoms with Crippen LogP contribution < -0.4 is 4.74 Å². The highest BCUT2D eigenvalue weighted by molar-refractivity contribution is 5.83. The number of nitrogens with zero attached hydrogens (tertiary/aromatic N) is 1. The van der Waals surface area contributed by atoms with Gasteiger partial charge < -0.3 is 14.2 Å². The summed E-state index contributed by atoms with van der Waals surface area (Å²) in [6, 6.07) is 6.69. The SMILES string of the molecule is CC(C)c1cc2cc(OC(F)(F)F)c(CCc3ccon3)cc2[nH]1. The summed E-state index contributed by atoms with van der Waals surface area (Å²) in [6.07, 6.45) is -2.46. The van der Waals surface area contributed by atoms with Crippen molar-refractivity contribution in [3.63, 3.8) is 0 Å². The molecule has 1 aromatic carbocycles. The minimum Gasteiger partial charge on any atom is -0.405 e. The van der Waals surface area contributed by atoms with E-state index in [1.165, 1.54) is 12.3 Å². The third-order valence-electron chi connectivity index (χ3n) is 3.81. The number of ether oxygens (including phenoxy) is 1. The summed E-state index contributed by atoms with van der Waals surface area (Å²) in [5.41, 5.74) is 2.92. The molecule has 0 fully saturated rings. The van der Waals surface area contributed by atoms with Crippen LogP contribution in [0.1, 0.15) is 36.7 Å². The largest absolute Gasteiger partial charge is 0.573 e. The number of hydrogen-bond acceptors (Lipinski definition) is 3. The minimum absolute atomic E-state index is 0.173. The average Bonchev–Trinajstić information content (AvgIpc) is 3.11. The summed E-state index contributed by atoms with van der Waals surface area (Å²) in [5.74, 6) is 0.0794. The first-order chi connectivity index (χ1) is 11.3. The van der Waals surface area contributed by atoms with E-state index in [2.05, 4.69) is 14.9 Å². The van der Waals surface area contributed by atoms with Crippen molar-refractivity contribution in [2.45, 2.75) is 39.0 Å². The van der Waals surface area contributed by atoms with Crippen LogP contribution in [0.3, 0.4) is 0 Å². The van der Waals surface area contributed by atoms with Gasteiger partial charge in [-0.15, -0.1) is 13.2 Å². The molecule has 2 aromatic heterocycles. The molecule has 0 atom stereocenters. The summed E-state index contributed by atoms with van der Waals surface area (Å²) < 4.78 is 47.1. The van der Waals surface area contributed by atoms with Crippen molar-refractivity contribution in [1.29, 1.82) is 0 Å². The summed E-state index contributed by atoms with van der Waals surface area (Å²) in [7, 11) is 0. The van der Waals surface area contributed by atoms with Crippen LogP contribution in [0.4, 0.5) is 13.2 Å². The Balaban J connectivity index is 1.97. The second-order valence-corrected chi connectivity index (χ2v) is 5.97. The Hall–Kier alpha value is -2.44. The molecule has 0 unspecified atom stereocenters. The van der Waals surface area contributed by atoms with Crippen molar-refractivity contribution < 1.29 is 22.4 Å². The molecule has 4 nitrogen and oxygen atoms in total. The van der Waals surface area contributed by atoms with Crippen molar-refractivity contribution in [3.05, 3.63) is 47.5 Å². The molecular weight excluding hydrogens is 321 g/mol. The summed E-state index contributed by atoms with van der Waals surface area (Å²) in [6.45, 7) is 4.03. The van der Waals surface area contributed by atoms with Crippen molar-refractivity contribution in [2.75, 3.05) is 0 Å². The van der Waals surface area contributed by atoms with Gasteiger partial charge in [0, 0.05) is 22.7 Å². The Bertz CT molecular complexity index is 820. The quantitative estimate of drug-likeness (QED) is 0.715. The number of alkyl halides is 3. The predicted molar refractivity (Wildman–Crippen MR) is 83.0 cm³/mol. The maximum Gasteiger partial charge on any atom is 0.573 e. The lowest BCUT2D eigenvalue weighted by molar-refractivity contribution is -0.274. The maximum atomic E-state index is 12.7. The fourth-order valence-electron chi connectivity index (χ4n) is 2.58. The van der Waals surface area contributed by atoms with Crippen LogP contribution >= 0.6 is 0 Å². The van der Waals surface area contributed by atoms with Crippen molar-refractivity contribution >= 4 is 10.9 Å². The third kappa shape index (κ3) is 3.72. The van der Waals surface area contributed by atoms with Crippen LogP contribution in [-0.2, 0) is 12.8 Å². The number of aryl methyl sites for hydroxylation is 2. The number of benzene rings is 1. The zero-order valence-electron chi connectivity index (χ0n) is 13.3. The lowest BCUT2D eigenvalue weighted by Gasteiger charge is -2.13. The van der Waals surface area contributed by atoms with Crippen LogP contribution in [0.15, 0.2) is 35.1 Å². The van der Waals surface area contributed by atoms with E-state index >= 15 is 0 Å². The van der Waals surface area contributed by atoms with Crippen molar-refractivity contribution in [1.82, 2.24) is 10.1 Å². The molecule has 7 heteroatoms. The third-order valence-corrected chi connectivity index (χ3v) is 3.81. The Labute approximate surface area is 136 Å². The van der Waals surface area contributed by atoms with E-state index < -0.39 is 6.36 Å². The number of H-pyrrole nitrogens is 1. The molecule has 0 aliphatic carbocycles. The minimum atomic E-state index is -4.73. The molecule has 3 aromatic rings. The molecule has 3 rings (SSSR count). The second-order valence-electron chi connectivity index (χ2n) is 5.97. The first-order valence-corrected chi connectivity index (χ1v) is 7.62. The molecule has 0 radical (unpaired) electrons. The van der Waals surface area contributed by atoms with Gasteiger partial charge >= 0.3 is 6.36 Å². The zero-order valence-corrected chi connectivity index (χ0v) is 13.3. The highest BCUT2D eigenvalue weighted by atomic mass is 19.4. The fourth-order valence-corrected chi connectivity index (χ4v) is 2.58. The van der Waals surface area contributed by atoms with Crippen LogP contribution in [0, 0.1) is 0 Å². The number of halogens is 3. The average molecular weight is 338 g/mol. The van der Waals surface area contributed by atoms with Gasteiger partial charge in [-0.25, -0.2) is 0 Å². The Kier molecular flexibility index (Phi) is 4.26. The molecule has 0 saturated heterocycles. The number of rotatable bonds is 5. The molecule has 128 valence electrons. The first-order valence-electron chi connectivity index (χ1n) is 7.62. The normalized spacial score (nSPS) is 12.2. The molecule has 0 aliphatic heterocycles. The van der Waals surface area contributed by atoms with E-state index in [1.807, 2.05) is 19.9 Å². The lowest BCUT2D eigenvalue weighted by atomic mass is 10.0. The Morgan fingerprint density at radius 3 is 2.62 bits per heavy atom. The number of aromatic amines is 1. The summed E-state index contributed by atoms with van der Waals surface area (Å²) in [4.78, 5) is 3.25. The zero-order chi connectivity index (χ0) is 17.3. The van der Waals surface area contributed by atoms with Crippen LogP contribution in [-0.4, -0.2) is 16.5 Å². The maximum absolute atomic E-state index is 12.7. The highest BCUT2D eigenvalue weighted by Gasteiger charge is 2.32. The van der Waals surface area contributed by atoms with Crippen molar-refractivity contribution in [2.24, 2.45) is 0 Å². The van der Waals surface area contributed by atoms with E-state index in [1.54, 1.807) is 12.1 Å². The van der Waals surface area contributed by atoms with Crippen molar-refractivity contribution in [3.8, 4) is 5.75 Å². The van der Waals surface area contributed by atoms with Gasteiger partial charge in [0.05, 0.1) is 5.69 Å². The van der Waals surface area contributed by atoms with Gasteiger partial charge in [0.15, 0.2) is 0 Å². The standard InChI is InChI=1S/C17H17F3N2O2/c1-10(2)14-8-12-9-16(24-17(18,19)20)11(7-15(12)21-14)3-4-13-5-6-23-22-13/h5-10,21H,3-4H2,1-2H3. The molecule has 0 spiro atoms. The van der Waals surface area contributed by atoms with Gasteiger partial charge in [0.1, 0.15) is 12.0 Å². The highest BCUT2D eigenvalue weighted by Crippen LogP contribution is 2.32. The van der Waals surface area contributed by atoms with E-state index in [0.717, 1.165) is 11.2 Å². The van der Waals surface area contributed by atoms with Crippen LogP contribution in [0.5, 0.6) is 5.75 Å². The number of aromatic nitrogens is 2. The molecule has 0 aliphatic rings. The summed E-state index contributed by atoms with van der Waals surface area (Å²) >= 11 is 0. The second kappa shape index (κ2) is 6.22. The van der Waals surface area contributed by atoms with Gasteiger partial charge in [-0.05, 0) is 42.5 Å². The van der Waals surface area contributed by atoms with Gasteiger partial charge in [-0.2, -0.15) is 0 Å². The number of hydrogen-bond donors (Lipinski definition) is 1. The molecule has 24 heavy (non-hydrogen) atoms. The Morgan fingerprint density at radius 2 is 2.00 bits per heavy atom. The van der Waals surface area contributed by atoms with Gasteiger partial charge in [0.2, 0.25) is 0 Å². The molecule has 0 amide bonds. The van der Waals surface area contributed by atoms with Gasteiger partial charge in [-0.1, -0.05) is 19.0 Å². The molecule has 1 N–H and O–H groups in total. The molecule has 0 saturated carbocycles. The molecule has 0 bridgehead atoms. The number of fused-ring (bicyclic) bond motifs is 1. The fraction of sp³-hybridized carbons (Fsp3) is 0.353. The van der Waals surface area contributed by atoms with E-state index in [-0.39, 0.29) is 11.7 Å².